The molecular formula is C10H12. The molecule has 0 N–H and O–H groups in total. The second-order valence-electron chi connectivity index (χ2n) is 2.54. The van der Waals surface area contributed by atoms with Crippen LogP contribution in [0, 0.1) is 26.0 Å². The first-order valence-electron chi connectivity index (χ1n) is 3.64. The summed E-state index contributed by atoms with van der Waals surface area (Å²) in [6, 6.07) is 8.50. The molecule has 0 bridgehead atoms. The van der Waals surface area contributed by atoms with E-state index in [2.05, 4.69) is 32.9 Å². The van der Waals surface area contributed by atoms with Crippen molar-refractivity contribution < 1.29 is 0 Å². The number of hydrogen-bond acceptors (Lipinski definition) is 0. The van der Waals surface area contributed by atoms with Crippen LogP contribution in [0.4, 0.5) is 0 Å². The Bertz CT molecular complexity index is 223. The first kappa shape index (κ1) is 7.33. The van der Waals surface area contributed by atoms with Gasteiger partial charge in [-0.05, 0) is 49.1 Å². The van der Waals surface area contributed by atoms with Crippen LogP contribution in [0.2, 0.25) is 0 Å². The Morgan fingerprint density at radius 3 is 2.50 bits per heavy atom. The van der Waals surface area contributed by atoms with Crippen LogP contribution in [0.3, 0.4) is 0 Å². The number of hydrogen-bond donors (Lipinski definition) is 0. The second kappa shape index (κ2) is 2.87. The van der Waals surface area contributed by atoms with E-state index in [1.54, 1.807) is 0 Å². The summed E-state index contributed by atoms with van der Waals surface area (Å²) in [6.07, 6.45) is 1.05. The van der Waals surface area contributed by atoms with E-state index in [4.69, 9.17) is 0 Å². The van der Waals surface area contributed by atoms with Gasteiger partial charge in [0.2, 0.25) is 0 Å². The van der Waals surface area contributed by atoms with Crippen LogP contribution in [0.25, 0.3) is 0 Å². The van der Waals surface area contributed by atoms with E-state index in [0.29, 0.717) is 0 Å². The molecule has 0 heterocycles. The minimum Gasteiger partial charge on any atom is -0.0613 e. The van der Waals surface area contributed by atoms with Gasteiger partial charge >= 0.3 is 0 Å². The standard InChI is InChI=1S/C10H12/c1-4-10-6-5-8(2)9(3)7-10/h6H,4H2,1-3H3. The topological polar surface area (TPSA) is 0 Å². The van der Waals surface area contributed by atoms with Crippen molar-refractivity contribution in [3.63, 3.8) is 0 Å². The molecule has 0 heteroatoms. The molecule has 1 aromatic carbocycles. The van der Waals surface area contributed by atoms with E-state index in [1.165, 1.54) is 16.7 Å². The van der Waals surface area contributed by atoms with Crippen molar-refractivity contribution in [3.05, 3.63) is 34.9 Å². The molecule has 0 nitrogen and oxygen atoms in total. The molecule has 0 aliphatic rings. The fourth-order valence-corrected chi connectivity index (χ4v) is 0.865. The first-order valence-corrected chi connectivity index (χ1v) is 3.64. The lowest BCUT2D eigenvalue weighted by molar-refractivity contribution is 1.12. The maximum absolute atomic E-state index is 3.29. The van der Waals surface area contributed by atoms with Crippen molar-refractivity contribution >= 4 is 0 Å². The second-order valence-corrected chi connectivity index (χ2v) is 2.54. The van der Waals surface area contributed by atoms with E-state index in [-0.39, 0.29) is 0 Å². The normalized spacial score (nSPS) is 9.90. The Balaban J connectivity index is 3.04. The molecule has 0 atom stereocenters. The highest BCUT2D eigenvalue weighted by Crippen LogP contribution is 2.07. The van der Waals surface area contributed by atoms with Crippen molar-refractivity contribution in [1.29, 1.82) is 0 Å². The smallest absolute Gasteiger partial charge is 0.0114 e. The van der Waals surface area contributed by atoms with Crippen molar-refractivity contribution in [2.24, 2.45) is 0 Å². The van der Waals surface area contributed by atoms with Gasteiger partial charge in [-0.1, -0.05) is 13.0 Å². The monoisotopic (exact) mass is 132 g/mol. The van der Waals surface area contributed by atoms with E-state index in [9.17, 15) is 0 Å². The van der Waals surface area contributed by atoms with E-state index < -0.39 is 0 Å². The molecule has 0 unspecified atom stereocenters. The first-order chi connectivity index (χ1) is 4.74. The van der Waals surface area contributed by atoms with Crippen LogP contribution >= 0.6 is 0 Å². The fraction of sp³-hybridized carbons (Fsp3) is 0.400. The van der Waals surface area contributed by atoms with Crippen molar-refractivity contribution in [2.45, 2.75) is 27.2 Å². The zero-order chi connectivity index (χ0) is 7.56. The maximum atomic E-state index is 3.29. The van der Waals surface area contributed by atoms with Gasteiger partial charge in [-0.2, -0.15) is 0 Å². The molecule has 2 radical (unpaired) electrons. The van der Waals surface area contributed by atoms with Crippen LogP contribution < -0.4 is 0 Å². The van der Waals surface area contributed by atoms with Crippen LogP contribution in [-0.2, 0) is 6.42 Å². The van der Waals surface area contributed by atoms with Crippen LogP contribution in [0.15, 0.2) is 6.07 Å². The van der Waals surface area contributed by atoms with Crippen molar-refractivity contribution in [1.82, 2.24) is 0 Å². The summed E-state index contributed by atoms with van der Waals surface area (Å²) in [4.78, 5) is 0. The van der Waals surface area contributed by atoms with E-state index >= 15 is 0 Å². The fourth-order valence-electron chi connectivity index (χ4n) is 0.865. The van der Waals surface area contributed by atoms with Gasteiger partial charge < -0.3 is 0 Å². The summed E-state index contributed by atoms with van der Waals surface area (Å²) in [7, 11) is 0. The average molecular weight is 132 g/mol. The summed E-state index contributed by atoms with van der Waals surface area (Å²) >= 11 is 0. The summed E-state index contributed by atoms with van der Waals surface area (Å²) in [5.74, 6) is 0. The third-order valence-electron chi connectivity index (χ3n) is 1.75. The molecule has 0 amide bonds. The minimum atomic E-state index is 1.05. The van der Waals surface area contributed by atoms with E-state index in [0.717, 1.165) is 6.42 Å². The molecule has 0 saturated carbocycles. The Morgan fingerprint density at radius 2 is 2.00 bits per heavy atom. The Hall–Kier alpha value is -0.780. The summed E-state index contributed by atoms with van der Waals surface area (Å²) < 4.78 is 0. The highest BCUT2D eigenvalue weighted by molar-refractivity contribution is 5.27. The molecule has 1 aromatic rings. The van der Waals surface area contributed by atoms with Crippen molar-refractivity contribution in [2.75, 3.05) is 0 Å². The molecular weight excluding hydrogens is 120 g/mol. The van der Waals surface area contributed by atoms with Gasteiger partial charge in [-0.3, -0.25) is 0 Å². The van der Waals surface area contributed by atoms with Gasteiger partial charge in [0.1, 0.15) is 0 Å². The molecule has 0 aliphatic heterocycles. The molecule has 0 spiro atoms. The predicted molar refractivity (Wildman–Crippen MR) is 43.0 cm³/mol. The molecule has 0 saturated heterocycles. The summed E-state index contributed by atoms with van der Waals surface area (Å²) in [5, 5.41) is 0. The van der Waals surface area contributed by atoms with Crippen LogP contribution in [0.5, 0.6) is 0 Å². The van der Waals surface area contributed by atoms with Crippen LogP contribution in [-0.4, -0.2) is 0 Å². The largest absolute Gasteiger partial charge is 0.0613 e. The maximum Gasteiger partial charge on any atom is -0.0114 e. The lowest BCUT2D eigenvalue weighted by atomic mass is 10.1. The summed E-state index contributed by atoms with van der Waals surface area (Å²) in [6.45, 7) is 6.27. The summed E-state index contributed by atoms with van der Waals surface area (Å²) in [5.41, 5.74) is 3.68. The Labute approximate surface area is 62.9 Å². The highest BCUT2D eigenvalue weighted by atomic mass is 14.0. The van der Waals surface area contributed by atoms with Gasteiger partial charge in [-0.15, -0.1) is 0 Å². The number of aryl methyl sites for hydroxylation is 3. The lowest BCUT2D eigenvalue weighted by Gasteiger charge is -1.99. The number of rotatable bonds is 1. The molecule has 0 aromatic heterocycles. The Morgan fingerprint density at radius 1 is 1.30 bits per heavy atom. The third-order valence-corrected chi connectivity index (χ3v) is 1.75. The average Bonchev–Trinajstić information content (AvgIpc) is 1.95. The molecule has 1 rings (SSSR count). The van der Waals surface area contributed by atoms with Gasteiger partial charge in [0.15, 0.2) is 0 Å². The zero-order valence-corrected chi connectivity index (χ0v) is 6.78. The third kappa shape index (κ3) is 1.38. The zero-order valence-electron chi connectivity index (χ0n) is 6.78. The minimum absolute atomic E-state index is 1.05. The molecule has 10 heavy (non-hydrogen) atoms. The highest BCUT2D eigenvalue weighted by Gasteiger charge is 1.93. The van der Waals surface area contributed by atoms with Gasteiger partial charge in [-0.25, -0.2) is 0 Å². The SMILES string of the molecule is CCc1[c]c(C)c(C)[c]c1. The van der Waals surface area contributed by atoms with Gasteiger partial charge in [0, 0.05) is 0 Å². The van der Waals surface area contributed by atoms with E-state index in [1.807, 2.05) is 6.07 Å². The molecule has 52 valence electrons. The molecule has 0 fully saturated rings. The van der Waals surface area contributed by atoms with Crippen molar-refractivity contribution in [3.8, 4) is 0 Å². The van der Waals surface area contributed by atoms with Gasteiger partial charge in [0.05, 0.1) is 0 Å². The molecule has 0 aliphatic carbocycles. The predicted octanol–water partition coefficient (Wildman–Crippen LogP) is 2.47. The number of benzene rings is 1. The quantitative estimate of drug-likeness (QED) is 0.550. The van der Waals surface area contributed by atoms with Gasteiger partial charge in [0.25, 0.3) is 0 Å². The Kier molecular flexibility index (Phi) is 2.10. The lowest BCUT2D eigenvalue weighted by Crippen LogP contribution is -1.85. The van der Waals surface area contributed by atoms with Crippen LogP contribution in [0.1, 0.15) is 23.6 Å².